The summed E-state index contributed by atoms with van der Waals surface area (Å²) in [6.45, 7) is 1.44. The number of rotatable bonds is 5. The summed E-state index contributed by atoms with van der Waals surface area (Å²) in [5.74, 6) is -0.607. The van der Waals surface area contributed by atoms with E-state index in [2.05, 4.69) is 10.3 Å². The molecule has 0 aliphatic carbocycles. The lowest BCUT2D eigenvalue weighted by Gasteiger charge is -2.13. The Labute approximate surface area is 135 Å². The van der Waals surface area contributed by atoms with Gasteiger partial charge in [-0.2, -0.15) is 0 Å². The van der Waals surface area contributed by atoms with Gasteiger partial charge in [-0.3, -0.25) is 14.6 Å². The second-order valence-electron chi connectivity index (χ2n) is 5.21. The quantitative estimate of drug-likeness (QED) is 0.859. The van der Waals surface area contributed by atoms with Gasteiger partial charge in [-0.05, 0) is 36.4 Å². The second-order valence-corrected chi connectivity index (χ2v) is 5.21. The minimum atomic E-state index is -0.366. The zero-order valence-electron chi connectivity index (χ0n) is 13.4. The van der Waals surface area contributed by atoms with Crippen molar-refractivity contribution < 1.29 is 14.3 Å². The number of nitrogens with one attached hydrogen (secondary N) is 1. The van der Waals surface area contributed by atoms with Gasteiger partial charge in [-0.15, -0.1) is 0 Å². The molecule has 1 amide bonds. The van der Waals surface area contributed by atoms with Crippen molar-refractivity contribution in [1.29, 1.82) is 0 Å². The maximum absolute atomic E-state index is 12.2. The summed E-state index contributed by atoms with van der Waals surface area (Å²) < 4.78 is 4.85. The summed E-state index contributed by atoms with van der Waals surface area (Å²) in [6.07, 6.45) is 1.46. The van der Waals surface area contributed by atoms with E-state index >= 15 is 0 Å². The van der Waals surface area contributed by atoms with Gasteiger partial charge in [0, 0.05) is 38.6 Å². The smallest absolute Gasteiger partial charge is 0.303 e. The third kappa shape index (κ3) is 4.81. The Morgan fingerprint density at radius 1 is 1.13 bits per heavy atom. The minimum absolute atomic E-state index is 0.100. The van der Waals surface area contributed by atoms with Gasteiger partial charge in [0.15, 0.2) is 0 Å². The highest BCUT2D eigenvalue weighted by molar-refractivity contribution is 6.04. The lowest BCUT2D eigenvalue weighted by Crippen LogP contribution is -2.13. The average molecular weight is 313 g/mol. The van der Waals surface area contributed by atoms with Gasteiger partial charge in [0.2, 0.25) is 0 Å². The first-order valence-corrected chi connectivity index (χ1v) is 7.13. The molecular formula is C17H19N3O3. The fourth-order valence-electron chi connectivity index (χ4n) is 1.87. The van der Waals surface area contributed by atoms with E-state index in [0.29, 0.717) is 16.9 Å². The van der Waals surface area contributed by atoms with Crippen molar-refractivity contribution in [3.05, 3.63) is 53.9 Å². The number of anilines is 2. The molecule has 0 bridgehead atoms. The maximum Gasteiger partial charge on any atom is 0.303 e. The van der Waals surface area contributed by atoms with E-state index < -0.39 is 0 Å². The molecule has 0 aliphatic rings. The Bertz CT molecular complexity index is 679. The van der Waals surface area contributed by atoms with Gasteiger partial charge in [0.25, 0.3) is 5.91 Å². The minimum Gasteiger partial charge on any atom is -0.459 e. The van der Waals surface area contributed by atoms with Crippen molar-refractivity contribution >= 4 is 23.3 Å². The first-order valence-electron chi connectivity index (χ1n) is 7.13. The first kappa shape index (κ1) is 16.5. The molecule has 1 aromatic carbocycles. The van der Waals surface area contributed by atoms with E-state index in [9.17, 15) is 9.59 Å². The lowest BCUT2D eigenvalue weighted by atomic mass is 10.2. The van der Waals surface area contributed by atoms with Gasteiger partial charge >= 0.3 is 5.97 Å². The number of pyridine rings is 1. The van der Waals surface area contributed by atoms with Crippen LogP contribution in [0.1, 0.15) is 23.0 Å². The molecule has 120 valence electrons. The van der Waals surface area contributed by atoms with Gasteiger partial charge in [-0.25, -0.2) is 0 Å². The zero-order chi connectivity index (χ0) is 16.8. The van der Waals surface area contributed by atoms with E-state index in [1.165, 1.54) is 13.1 Å². The van der Waals surface area contributed by atoms with Crippen molar-refractivity contribution in [3.8, 4) is 0 Å². The van der Waals surface area contributed by atoms with Crippen LogP contribution in [0.5, 0.6) is 0 Å². The van der Waals surface area contributed by atoms with Crippen LogP contribution < -0.4 is 10.2 Å². The van der Waals surface area contributed by atoms with Crippen LogP contribution in [0.2, 0.25) is 0 Å². The van der Waals surface area contributed by atoms with Crippen LogP contribution >= 0.6 is 0 Å². The molecule has 2 aromatic rings. The number of carbonyl (C=O) groups is 2. The van der Waals surface area contributed by atoms with Crippen LogP contribution in [0.4, 0.5) is 11.4 Å². The molecule has 6 nitrogen and oxygen atoms in total. The predicted octanol–water partition coefficient (Wildman–Crippen LogP) is 2.46. The molecule has 0 fully saturated rings. The number of amides is 1. The largest absolute Gasteiger partial charge is 0.459 e. The molecular weight excluding hydrogens is 294 g/mol. The van der Waals surface area contributed by atoms with Gasteiger partial charge < -0.3 is 15.0 Å². The lowest BCUT2D eigenvalue weighted by molar-refractivity contribution is -0.142. The summed E-state index contributed by atoms with van der Waals surface area (Å²) in [5.41, 5.74) is 2.80. The molecule has 0 radical (unpaired) electrons. The molecule has 0 spiro atoms. The third-order valence-electron chi connectivity index (χ3n) is 3.15. The number of carbonyl (C=O) groups excluding carboxylic acids is 2. The number of esters is 1. The standard InChI is InChI=1S/C17H19N3O3/c1-12(21)23-11-15-5-4-13(10-18-15)17(22)19-14-6-8-16(9-7-14)20(2)3/h4-10H,11H2,1-3H3,(H,19,22). The molecule has 1 heterocycles. The molecule has 2 rings (SSSR count). The number of nitrogens with zero attached hydrogens (tertiary/aromatic N) is 2. The molecule has 1 N–H and O–H groups in total. The molecule has 0 unspecified atom stereocenters. The first-order chi connectivity index (χ1) is 11.0. The van der Waals surface area contributed by atoms with E-state index in [0.717, 1.165) is 5.69 Å². The van der Waals surface area contributed by atoms with E-state index in [1.807, 2.05) is 43.3 Å². The number of ether oxygens (including phenoxy) is 1. The molecule has 0 saturated heterocycles. The summed E-state index contributed by atoms with van der Waals surface area (Å²) in [5, 5.41) is 2.81. The Kier molecular flexibility index (Phi) is 5.30. The Morgan fingerprint density at radius 2 is 1.83 bits per heavy atom. The number of hydrogen-bond acceptors (Lipinski definition) is 5. The van der Waals surface area contributed by atoms with Crippen molar-refractivity contribution in [1.82, 2.24) is 4.98 Å². The average Bonchev–Trinajstić information content (AvgIpc) is 2.54. The van der Waals surface area contributed by atoms with E-state index in [1.54, 1.807) is 12.1 Å². The second kappa shape index (κ2) is 7.40. The molecule has 0 saturated carbocycles. The topological polar surface area (TPSA) is 71.5 Å². The predicted molar refractivity (Wildman–Crippen MR) is 88.4 cm³/mol. The Balaban J connectivity index is 1.98. The maximum atomic E-state index is 12.2. The van der Waals surface area contributed by atoms with Crippen molar-refractivity contribution in [2.75, 3.05) is 24.3 Å². The fourth-order valence-corrected chi connectivity index (χ4v) is 1.87. The summed E-state index contributed by atoms with van der Waals surface area (Å²) in [6, 6.07) is 10.8. The SMILES string of the molecule is CC(=O)OCc1ccc(C(=O)Nc2ccc(N(C)C)cc2)cn1. The van der Waals surface area contributed by atoms with Crippen molar-refractivity contribution in [2.45, 2.75) is 13.5 Å². The van der Waals surface area contributed by atoms with Crippen LogP contribution in [-0.2, 0) is 16.1 Å². The summed E-state index contributed by atoms with van der Waals surface area (Å²) in [7, 11) is 3.91. The van der Waals surface area contributed by atoms with Crippen molar-refractivity contribution in [2.24, 2.45) is 0 Å². The molecule has 0 aliphatic heterocycles. The van der Waals surface area contributed by atoms with Gasteiger partial charge in [-0.1, -0.05) is 0 Å². The van der Waals surface area contributed by atoms with Crippen LogP contribution in [-0.4, -0.2) is 31.0 Å². The monoisotopic (exact) mass is 313 g/mol. The van der Waals surface area contributed by atoms with Crippen LogP contribution in [0.3, 0.4) is 0 Å². The molecule has 23 heavy (non-hydrogen) atoms. The van der Waals surface area contributed by atoms with E-state index in [4.69, 9.17) is 4.74 Å². The van der Waals surface area contributed by atoms with Gasteiger partial charge in [0.05, 0.1) is 11.3 Å². The highest BCUT2D eigenvalue weighted by Crippen LogP contribution is 2.16. The van der Waals surface area contributed by atoms with Crippen LogP contribution in [0, 0.1) is 0 Å². The highest BCUT2D eigenvalue weighted by atomic mass is 16.5. The zero-order valence-corrected chi connectivity index (χ0v) is 13.4. The van der Waals surface area contributed by atoms with Crippen molar-refractivity contribution in [3.63, 3.8) is 0 Å². The third-order valence-corrected chi connectivity index (χ3v) is 3.15. The van der Waals surface area contributed by atoms with E-state index in [-0.39, 0.29) is 18.5 Å². The molecule has 0 atom stereocenters. The molecule has 1 aromatic heterocycles. The van der Waals surface area contributed by atoms with Crippen LogP contribution in [0.15, 0.2) is 42.6 Å². The Morgan fingerprint density at radius 3 is 2.35 bits per heavy atom. The Hall–Kier alpha value is -2.89. The van der Waals surface area contributed by atoms with Crippen LogP contribution in [0.25, 0.3) is 0 Å². The highest BCUT2D eigenvalue weighted by Gasteiger charge is 2.07. The number of aromatic nitrogens is 1. The fraction of sp³-hybridized carbons (Fsp3) is 0.235. The van der Waals surface area contributed by atoms with Gasteiger partial charge in [0.1, 0.15) is 6.61 Å². The summed E-state index contributed by atoms with van der Waals surface area (Å²) >= 11 is 0. The number of benzene rings is 1. The molecule has 6 heteroatoms. The normalized spacial score (nSPS) is 10.0. The summed E-state index contributed by atoms with van der Waals surface area (Å²) in [4.78, 5) is 29.0. The number of hydrogen-bond donors (Lipinski definition) is 1.